The highest BCUT2D eigenvalue weighted by molar-refractivity contribution is 5.91. The molecule has 1 unspecified atom stereocenters. The second-order valence-electron chi connectivity index (χ2n) is 13.5. The van der Waals surface area contributed by atoms with Crippen molar-refractivity contribution in [3.63, 3.8) is 0 Å². The number of ether oxygens (including phenoxy) is 2. The van der Waals surface area contributed by atoms with E-state index in [1.54, 1.807) is 0 Å². The molecule has 47 heavy (non-hydrogen) atoms. The molecular formula is C44H64O3. The van der Waals surface area contributed by atoms with Crippen LogP contribution in [0.2, 0.25) is 0 Å². The van der Waals surface area contributed by atoms with Gasteiger partial charge in [0.15, 0.2) is 0 Å². The maximum Gasteiger partial charge on any atom is 0.343 e. The van der Waals surface area contributed by atoms with E-state index >= 15 is 0 Å². The van der Waals surface area contributed by atoms with E-state index in [0.29, 0.717) is 11.3 Å². The fraction of sp³-hybridized carbons (Fsp3) is 0.568. The molecule has 3 aromatic rings. The second kappa shape index (κ2) is 24.3. The average molecular weight is 641 g/mol. The first-order valence-corrected chi connectivity index (χ1v) is 19.2. The van der Waals surface area contributed by atoms with Crippen molar-refractivity contribution in [2.24, 2.45) is 0 Å². The second-order valence-corrected chi connectivity index (χ2v) is 13.5. The molecule has 0 aliphatic rings. The van der Waals surface area contributed by atoms with Crippen LogP contribution in [-0.2, 0) is 11.2 Å². The molecule has 1 atom stereocenters. The van der Waals surface area contributed by atoms with Crippen LogP contribution in [0.5, 0.6) is 5.75 Å². The maximum absolute atomic E-state index is 13.1. The van der Waals surface area contributed by atoms with Crippen LogP contribution in [0.3, 0.4) is 0 Å². The minimum absolute atomic E-state index is 0.0873. The molecule has 3 nitrogen and oxygen atoms in total. The van der Waals surface area contributed by atoms with Gasteiger partial charge < -0.3 is 9.47 Å². The van der Waals surface area contributed by atoms with Crippen LogP contribution < -0.4 is 4.74 Å². The number of aryl methyl sites for hydroxylation is 1. The van der Waals surface area contributed by atoms with Gasteiger partial charge in [-0.15, -0.1) is 0 Å². The normalized spacial score (nSPS) is 11.9. The van der Waals surface area contributed by atoms with Crippen LogP contribution in [-0.4, -0.2) is 12.6 Å². The summed E-state index contributed by atoms with van der Waals surface area (Å²) in [6, 6.07) is 24.3. The van der Waals surface area contributed by atoms with Crippen molar-refractivity contribution in [2.75, 3.05) is 6.61 Å². The molecule has 0 fully saturated rings. The molecule has 0 radical (unpaired) electrons. The van der Waals surface area contributed by atoms with E-state index in [1.807, 2.05) is 42.5 Å². The van der Waals surface area contributed by atoms with E-state index in [0.717, 1.165) is 42.6 Å². The number of rotatable bonds is 26. The summed E-state index contributed by atoms with van der Waals surface area (Å²) in [4.78, 5) is 13.1. The smallest absolute Gasteiger partial charge is 0.343 e. The predicted molar refractivity (Wildman–Crippen MR) is 200 cm³/mol. The first-order valence-electron chi connectivity index (χ1n) is 19.2. The number of carbonyl (C=O) groups is 1. The number of para-hydroxylation sites is 1. The zero-order valence-electron chi connectivity index (χ0n) is 30.1. The van der Waals surface area contributed by atoms with E-state index < -0.39 is 0 Å². The molecule has 0 bridgehead atoms. The Morgan fingerprint density at radius 3 is 1.57 bits per heavy atom. The summed E-state index contributed by atoms with van der Waals surface area (Å²) in [6.07, 6.45) is 26.2. The lowest BCUT2D eigenvalue weighted by Gasteiger charge is -2.14. The van der Waals surface area contributed by atoms with Crippen molar-refractivity contribution in [3.05, 3.63) is 89.5 Å². The van der Waals surface area contributed by atoms with Gasteiger partial charge in [0, 0.05) is 6.61 Å². The fourth-order valence-electron chi connectivity index (χ4n) is 6.29. The van der Waals surface area contributed by atoms with Gasteiger partial charge in [-0.2, -0.15) is 0 Å². The van der Waals surface area contributed by atoms with E-state index in [9.17, 15) is 4.79 Å². The van der Waals surface area contributed by atoms with Crippen molar-refractivity contribution in [2.45, 2.75) is 155 Å². The Morgan fingerprint density at radius 2 is 1.02 bits per heavy atom. The van der Waals surface area contributed by atoms with Crippen LogP contribution >= 0.6 is 0 Å². The molecule has 258 valence electrons. The van der Waals surface area contributed by atoms with Gasteiger partial charge in [0.2, 0.25) is 0 Å². The Kier molecular flexibility index (Phi) is 19.9. The van der Waals surface area contributed by atoms with E-state index in [2.05, 4.69) is 51.1 Å². The minimum atomic E-state index is -0.305. The average Bonchev–Trinajstić information content (AvgIpc) is 3.10. The van der Waals surface area contributed by atoms with Gasteiger partial charge in [-0.25, -0.2) is 4.79 Å². The van der Waals surface area contributed by atoms with Gasteiger partial charge in [0.1, 0.15) is 5.75 Å². The molecule has 0 saturated heterocycles. The lowest BCUT2D eigenvalue weighted by atomic mass is 10.0. The van der Waals surface area contributed by atoms with Crippen LogP contribution in [0.4, 0.5) is 0 Å². The molecule has 3 heteroatoms. The Hall–Kier alpha value is -2.91. The first kappa shape index (κ1) is 38.5. The van der Waals surface area contributed by atoms with Crippen molar-refractivity contribution in [1.29, 1.82) is 0 Å². The molecule has 0 N–H and O–H groups in total. The van der Waals surface area contributed by atoms with Gasteiger partial charge in [-0.1, -0.05) is 178 Å². The van der Waals surface area contributed by atoms with Gasteiger partial charge >= 0.3 is 5.97 Å². The topological polar surface area (TPSA) is 35.5 Å². The Balaban J connectivity index is 1.36. The first-order chi connectivity index (χ1) is 23.1. The lowest BCUT2D eigenvalue weighted by molar-refractivity contribution is 0.0627. The zero-order valence-corrected chi connectivity index (χ0v) is 30.1. The third kappa shape index (κ3) is 15.7. The number of carbonyl (C=O) groups excluding carboxylic acids is 1. The molecule has 0 aliphatic heterocycles. The number of benzene rings is 3. The predicted octanol–water partition coefficient (Wildman–Crippen LogP) is 13.6. The fourth-order valence-corrected chi connectivity index (χ4v) is 6.29. The highest BCUT2D eigenvalue weighted by Gasteiger charge is 2.13. The standard InChI is InChI=1S/C44H64O3/c1-4-6-8-10-12-13-14-15-16-17-18-19-21-25-41-26-22-23-27-43(41)47-44(45)42-34-32-40(33-35-42)39-30-28-38(29-31-39)37(3)46-36-24-20-11-9-7-5-2/h22-23,26-35,37H,4-21,24-25,36H2,1-3H3. The Morgan fingerprint density at radius 1 is 0.553 bits per heavy atom. The molecule has 0 aliphatic carbocycles. The van der Waals surface area contributed by atoms with Crippen LogP contribution in [0, 0.1) is 0 Å². The van der Waals surface area contributed by atoms with Crippen molar-refractivity contribution in [3.8, 4) is 16.9 Å². The van der Waals surface area contributed by atoms with Crippen molar-refractivity contribution < 1.29 is 14.3 Å². The third-order valence-corrected chi connectivity index (χ3v) is 9.42. The lowest BCUT2D eigenvalue weighted by Crippen LogP contribution is -2.09. The highest BCUT2D eigenvalue weighted by Crippen LogP contribution is 2.26. The molecule has 0 amide bonds. The van der Waals surface area contributed by atoms with E-state index in [-0.39, 0.29) is 12.1 Å². The van der Waals surface area contributed by atoms with Gasteiger partial charge in [-0.05, 0) is 66.6 Å². The Bertz CT molecular complexity index is 1210. The van der Waals surface area contributed by atoms with Crippen LogP contribution in [0.15, 0.2) is 72.8 Å². The van der Waals surface area contributed by atoms with E-state index in [4.69, 9.17) is 9.47 Å². The number of esters is 1. The summed E-state index contributed by atoms with van der Waals surface area (Å²) in [5.41, 5.74) is 5.08. The Labute approximate surface area is 287 Å². The van der Waals surface area contributed by atoms with Crippen LogP contribution in [0.25, 0.3) is 11.1 Å². The summed E-state index contributed by atoms with van der Waals surface area (Å²) in [5.74, 6) is 0.380. The molecular weight excluding hydrogens is 576 g/mol. The highest BCUT2D eigenvalue weighted by atomic mass is 16.5. The largest absolute Gasteiger partial charge is 0.423 e. The maximum atomic E-state index is 13.1. The number of hydrogen-bond acceptors (Lipinski definition) is 3. The van der Waals surface area contributed by atoms with Crippen molar-refractivity contribution >= 4 is 5.97 Å². The third-order valence-electron chi connectivity index (χ3n) is 9.42. The van der Waals surface area contributed by atoms with Gasteiger partial charge in [0.05, 0.1) is 11.7 Å². The number of unbranched alkanes of at least 4 members (excludes halogenated alkanes) is 17. The molecule has 3 aromatic carbocycles. The quantitative estimate of drug-likeness (QED) is 0.0497. The molecule has 3 rings (SSSR count). The molecule has 0 heterocycles. The zero-order chi connectivity index (χ0) is 33.4. The summed E-state index contributed by atoms with van der Waals surface area (Å²) in [6.45, 7) is 7.48. The summed E-state index contributed by atoms with van der Waals surface area (Å²) < 4.78 is 12.0. The van der Waals surface area contributed by atoms with E-state index in [1.165, 1.54) is 115 Å². The van der Waals surface area contributed by atoms with Gasteiger partial charge in [0.25, 0.3) is 0 Å². The minimum Gasteiger partial charge on any atom is -0.423 e. The summed E-state index contributed by atoms with van der Waals surface area (Å²) in [5, 5.41) is 0. The molecule has 0 saturated carbocycles. The van der Waals surface area contributed by atoms with Gasteiger partial charge in [-0.3, -0.25) is 0 Å². The molecule has 0 aromatic heterocycles. The molecule has 0 spiro atoms. The summed E-state index contributed by atoms with van der Waals surface area (Å²) >= 11 is 0. The van der Waals surface area contributed by atoms with Crippen LogP contribution in [0.1, 0.15) is 170 Å². The summed E-state index contributed by atoms with van der Waals surface area (Å²) in [7, 11) is 0. The number of hydrogen-bond donors (Lipinski definition) is 0. The monoisotopic (exact) mass is 640 g/mol. The SMILES string of the molecule is CCCCCCCCCCCCCCCc1ccccc1OC(=O)c1ccc(-c2ccc(C(C)OCCCCCCCC)cc2)cc1. The van der Waals surface area contributed by atoms with Crippen molar-refractivity contribution in [1.82, 2.24) is 0 Å².